The number of amides is 3. The normalized spacial score (nSPS) is 30.0. The van der Waals surface area contributed by atoms with Gasteiger partial charge in [0, 0.05) is 25.2 Å². The summed E-state index contributed by atoms with van der Waals surface area (Å²) < 4.78 is 6.48. The second-order valence-electron chi connectivity index (χ2n) is 12.6. The highest BCUT2D eigenvalue weighted by Gasteiger charge is 2.74. The van der Waals surface area contributed by atoms with Gasteiger partial charge < -0.3 is 25.4 Å². The molecule has 0 aromatic carbocycles. The first-order valence-electron chi connectivity index (χ1n) is 13.6. The predicted octanol–water partition coefficient (Wildman–Crippen LogP) is 2.77. The van der Waals surface area contributed by atoms with Gasteiger partial charge in [0.15, 0.2) is 0 Å². The lowest BCUT2D eigenvalue weighted by Gasteiger charge is -2.38. The van der Waals surface area contributed by atoms with Crippen LogP contribution in [0.3, 0.4) is 0 Å². The van der Waals surface area contributed by atoms with Gasteiger partial charge >= 0.3 is 0 Å². The Morgan fingerprint density at radius 1 is 1.11 bits per heavy atom. The molecule has 0 radical (unpaired) electrons. The zero-order valence-electron chi connectivity index (χ0n) is 22.6. The fraction of sp³-hybridized carbons (Fsp3) is 0.889. The molecule has 0 aliphatic carbocycles. The summed E-state index contributed by atoms with van der Waals surface area (Å²) in [6.07, 6.45) is 5.83. The van der Waals surface area contributed by atoms with E-state index in [4.69, 9.17) is 9.84 Å². The van der Waals surface area contributed by atoms with Crippen LogP contribution in [0, 0.1) is 17.3 Å². The van der Waals surface area contributed by atoms with Crippen molar-refractivity contribution in [2.45, 2.75) is 116 Å². The largest absolute Gasteiger partial charge is 0.396 e. The lowest BCUT2D eigenvalue weighted by atomic mass is 9.70. The third-order valence-electron chi connectivity index (χ3n) is 7.64. The van der Waals surface area contributed by atoms with Gasteiger partial charge in [-0.1, -0.05) is 40.5 Å². The minimum atomic E-state index is -0.942. The summed E-state index contributed by atoms with van der Waals surface area (Å²) >= 11 is 0. The number of nitrogens with one attached hydrogen (secondary N) is 2. The monoisotopic (exact) mass is 493 g/mol. The van der Waals surface area contributed by atoms with Crippen molar-refractivity contribution >= 4 is 17.7 Å². The highest BCUT2D eigenvalue weighted by Crippen LogP contribution is 2.58. The lowest BCUT2D eigenvalue weighted by Crippen LogP contribution is -2.59. The smallest absolute Gasteiger partial charge is 0.246 e. The lowest BCUT2D eigenvalue weighted by molar-refractivity contribution is -0.143. The Bertz CT molecular complexity index is 792. The van der Waals surface area contributed by atoms with Crippen LogP contribution in [0.4, 0.5) is 0 Å². The van der Waals surface area contributed by atoms with E-state index < -0.39 is 29.0 Å². The molecule has 0 aromatic rings. The zero-order valence-corrected chi connectivity index (χ0v) is 22.6. The van der Waals surface area contributed by atoms with Gasteiger partial charge in [-0.05, 0) is 57.8 Å². The van der Waals surface area contributed by atoms with Crippen LogP contribution in [-0.4, -0.2) is 70.7 Å². The predicted molar refractivity (Wildman–Crippen MR) is 134 cm³/mol. The Kier molecular flexibility index (Phi) is 8.57. The molecule has 3 heterocycles. The quantitative estimate of drug-likeness (QED) is 0.362. The Hall–Kier alpha value is -1.67. The second-order valence-corrected chi connectivity index (χ2v) is 12.6. The van der Waals surface area contributed by atoms with Crippen LogP contribution < -0.4 is 10.6 Å². The second kappa shape index (κ2) is 10.8. The summed E-state index contributed by atoms with van der Waals surface area (Å²) in [6, 6.07) is -0.730. The number of carbonyl (C=O) groups is 3. The van der Waals surface area contributed by atoms with Gasteiger partial charge in [0.05, 0.1) is 17.9 Å². The minimum Gasteiger partial charge on any atom is -0.396 e. The van der Waals surface area contributed by atoms with Crippen LogP contribution >= 0.6 is 0 Å². The van der Waals surface area contributed by atoms with Crippen LogP contribution in [0.15, 0.2) is 0 Å². The molecule has 3 rings (SSSR count). The number of nitrogens with zero attached hydrogens (tertiary/aromatic N) is 1. The average molecular weight is 494 g/mol. The molecule has 3 fully saturated rings. The van der Waals surface area contributed by atoms with Gasteiger partial charge in [-0.15, -0.1) is 0 Å². The van der Waals surface area contributed by atoms with Crippen molar-refractivity contribution in [1.29, 1.82) is 0 Å². The SMILES string of the molecule is CCCNC(=O)[C@@H]1[C@@H]2CCC3(O2)C(C(=O)NC(C)(C)CC(C)(C)C)N(CCCCCCO)C(=O)[C@H]13. The zero-order chi connectivity index (χ0) is 26.0. The highest BCUT2D eigenvalue weighted by atomic mass is 16.5. The first-order valence-corrected chi connectivity index (χ1v) is 13.6. The van der Waals surface area contributed by atoms with Crippen molar-refractivity contribution in [3.8, 4) is 0 Å². The Morgan fingerprint density at radius 3 is 2.43 bits per heavy atom. The van der Waals surface area contributed by atoms with Gasteiger partial charge in [0.2, 0.25) is 17.7 Å². The van der Waals surface area contributed by atoms with E-state index in [0.29, 0.717) is 25.9 Å². The maximum atomic E-state index is 13.9. The molecule has 35 heavy (non-hydrogen) atoms. The van der Waals surface area contributed by atoms with Crippen LogP contribution in [0.25, 0.3) is 0 Å². The summed E-state index contributed by atoms with van der Waals surface area (Å²) in [4.78, 5) is 42.5. The number of unbranched alkanes of at least 4 members (excludes halogenated alkanes) is 3. The van der Waals surface area contributed by atoms with E-state index in [9.17, 15) is 14.4 Å². The van der Waals surface area contributed by atoms with Gasteiger partial charge in [-0.3, -0.25) is 14.4 Å². The standard InChI is InChI=1S/C27H47N3O5/c1-7-14-28-22(32)19-18-12-13-27(35-18)20(19)24(34)30(15-10-8-9-11-16-31)21(27)23(33)29-26(5,6)17-25(2,3)4/h18-21,31H,7-17H2,1-6H3,(H,28,32)(H,29,33)/t18-,19+,20-,21?,27?/m0/s1. The van der Waals surface area contributed by atoms with Crippen LogP contribution in [0.2, 0.25) is 0 Å². The molecule has 0 saturated carbocycles. The maximum absolute atomic E-state index is 13.9. The van der Waals surface area contributed by atoms with E-state index in [-0.39, 0.29) is 35.8 Å². The summed E-state index contributed by atoms with van der Waals surface area (Å²) in [5.41, 5.74) is -1.36. The first kappa shape index (κ1) is 27.9. The molecule has 3 aliphatic heterocycles. The molecular formula is C27H47N3O5. The molecule has 3 aliphatic rings. The Balaban J connectivity index is 1.87. The van der Waals surface area contributed by atoms with Gasteiger partial charge in [-0.25, -0.2) is 0 Å². The van der Waals surface area contributed by atoms with Gasteiger partial charge in [0.1, 0.15) is 11.6 Å². The molecule has 5 atom stereocenters. The van der Waals surface area contributed by atoms with Crippen molar-refractivity contribution in [3.05, 3.63) is 0 Å². The Morgan fingerprint density at radius 2 is 1.80 bits per heavy atom. The number of hydrogen-bond donors (Lipinski definition) is 3. The third kappa shape index (κ3) is 5.85. The number of rotatable bonds is 12. The number of aliphatic hydroxyl groups excluding tert-OH is 1. The minimum absolute atomic E-state index is 0.0280. The molecule has 8 nitrogen and oxygen atoms in total. The molecule has 3 saturated heterocycles. The topological polar surface area (TPSA) is 108 Å². The summed E-state index contributed by atoms with van der Waals surface area (Å²) in [5.74, 6) is -1.59. The molecule has 2 bridgehead atoms. The van der Waals surface area contributed by atoms with E-state index in [2.05, 4.69) is 31.4 Å². The van der Waals surface area contributed by atoms with Crippen molar-refractivity contribution in [1.82, 2.24) is 15.5 Å². The van der Waals surface area contributed by atoms with Crippen LogP contribution in [0.1, 0.15) is 92.9 Å². The summed E-state index contributed by atoms with van der Waals surface area (Å²) in [6.45, 7) is 13.7. The van der Waals surface area contributed by atoms with Crippen molar-refractivity contribution in [2.24, 2.45) is 17.3 Å². The van der Waals surface area contributed by atoms with E-state index >= 15 is 0 Å². The molecule has 3 N–H and O–H groups in total. The van der Waals surface area contributed by atoms with Gasteiger partial charge in [-0.2, -0.15) is 0 Å². The van der Waals surface area contributed by atoms with E-state index in [1.807, 2.05) is 20.8 Å². The van der Waals surface area contributed by atoms with Crippen LogP contribution in [-0.2, 0) is 19.1 Å². The molecule has 1 spiro atoms. The molecule has 200 valence electrons. The highest BCUT2D eigenvalue weighted by molar-refractivity contribution is 5.99. The number of carbonyl (C=O) groups excluding carboxylic acids is 3. The van der Waals surface area contributed by atoms with Gasteiger partial charge in [0.25, 0.3) is 0 Å². The Labute approximate surface area is 210 Å². The molecular weight excluding hydrogens is 446 g/mol. The van der Waals surface area contributed by atoms with E-state index in [0.717, 1.165) is 38.5 Å². The van der Waals surface area contributed by atoms with Crippen LogP contribution in [0.5, 0.6) is 0 Å². The fourth-order valence-electron chi connectivity index (χ4n) is 6.88. The molecule has 8 heteroatoms. The maximum Gasteiger partial charge on any atom is 0.246 e. The number of ether oxygens (including phenoxy) is 1. The van der Waals surface area contributed by atoms with Crippen molar-refractivity contribution in [3.63, 3.8) is 0 Å². The third-order valence-corrected chi connectivity index (χ3v) is 7.64. The number of aliphatic hydroxyl groups is 1. The average Bonchev–Trinajstić information content (AvgIpc) is 3.37. The van der Waals surface area contributed by atoms with Crippen molar-refractivity contribution in [2.75, 3.05) is 19.7 Å². The van der Waals surface area contributed by atoms with Crippen molar-refractivity contribution < 1.29 is 24.2 Å². The number of hydrogen-bond acceptors (Lipinski definition) is 5. The van der Waals surface area contributed by atoms with E-state index in [1.165, 1.54) is 0 Å². The summed E-state index contributed by atoms with van der Waals surface area (Å²) in [7, 11) is 0. The van der Waals surface area contributed by atoms with E-state index in [1.54, 1.807) is 4.90 Å². The number of fused-ring (bicyclic) bond motifs is 1. The molecule has 0 aromatic heterocycles. The molecule has 3 amide bonds. The summed E-state index contributed by atoms with van der Waals surface area (Å²) in [5, 5.41) is 15.3. The fourth-order valence-corrected chi connectivity index (χ4v) is 6.88. The molecule has 2 unspecified atom stereocenters. The number of likely N-dealkylation sites (tertiary alicyclic amines) is 1. The first-order chi connectivity index (χ1) is 16.4.